The highest BCUT2D eigenvalue weighted by molar-refractivity contribution is 6.31. The first-order chi connectivity index (χ1) is 9.35. The van der Waals surface area contributed by atoms with Gasteiger partial charge in [-0.3, -0.25) is 4.79 Å². The second-order valence-corrected chi connectivity index (χ2v) is 6.21. The van der Waals surface area contributed by atoms with E-state index in [2.05, 4.69) is 4.98 Å². The normalized spacial score (nSPS) is 12.0. The van der Waals surface area contributed by atoms with Gasteiger partial charge in [0.1, 0.15) is 5.82 Å². The lowest BCUT2D eigenvalue weighted by molar-refractivity contribution is -0.119. The lowest BCUT2D eigenvalue weighted by Gasteiger charge is -2.28. The van der Waals surface area contributed by atoms with E-state index in [4.69, 9.17) is 28.9 Å². The Morgan fingerprint density at radius 3 is 2.75 bits per heavy atom. The van der Waals surface area contributed by atoms with Crippen molar-refractivity contribution in [3.05, 3.63) is 29.0 Å². The molecule has 0 aliphatic heterocycles. The number of carbonyl (C=O) groups is 1. The minimum absolute atomic E-state index is 0.222. The third-order valence-corrected chi connectivity index (χ3v) is 3.64. The Kier molecular flexibility index (Phi) is 4.25. The summed E-state index contributed by atoms with van der Waals surface area (Å²) < 4.78 is 2.02. The number of hydrogen-bond donors (Lipinski definition) is 1. The van der Waals surface area contributed by atoms with Crippen LogP contribution in [-0.2, 0) is 16.8 Å². The standard InChI is InChI=1S/C14H17Cl2N3O/c1-14(2,8-12(17)20)19-11-7-9(16)3-4-10(11)18-13(19)5-6-15/h3-4,7H,5-6,8H2,1-2H3,(H2,17,20). The summed E-state index contributed by atoms with van der Waals surface area (Å²) in [6, 6.07) is 5.52. The van der Waals surface area contributed by atoms with E-state index in [0.717, 1.165) is 16.9 Å². The lowest BCUT2D eigenvalue weighted by Crippen LogP contribution is -2.33. The minimum Gasteiger partial charge on any atom is -0.370 e. The number of hydrogen-bond acceptors (Lipinski definition) is 2. The van der Waals surface area contributed by atoms with Gasteiger partial charge in [-0.1, -0.05) is 11.6 Å². The second kappa shape index (κ2) is 5.62. The number of fused-ring (bicyclic) bond motifs is 1. The fraction of sp³-hybridized carbons (Fsp3) is 0.429. The molecule has 4 nitrogen and oxygen atoms in total. The number of amides is 1. The Morgan fingerprint density at radius 1 is 1.45 bits per heavy atom. The minimum atomic E-state index is -0.480. The van der Waals surface area contributed by atoms with Gasteiger partial charge in [0.15, 0.2) is 0 Å². The largest absolute Gasteiger partial charge is 0.370 e. The molecule has 0 aliphatic carbocycles. The van der Waals surface area contributed by atoms with Crippen molar-refractivity contribution in [1.82, 2.24) is 9.55 Å². The quantitative estimate of drug-likeness (QED) is 0.862. The SMILES string of the molecule is CC(C)(CC(N)=O)n1c(CCCl)nc2ccc(Cl)cc21. The molecule has 0 fully saturated rings. The molecule has 2 rings (SSSR count). The van der Waals surface area contributed by atoms with Crippen molar-refractivity contribution in [2.24, 2.45) is 5.73 Å². The molecule has 0 saturated carbocycles. The first-order valence-corrected chi connectivity index (χ1v) is 7.28. The van der Waals surface area contributed by atoms with Crippen molar-refractivity contribution in [3.63, 3.8) is 0 Å². The zero-order valence-electron chi connectivity index (χ0n) is 11.5. The predicted molar refractivity (Wildman–Crippen MR) is 82.3 cm³/mol. The molecule has 2 aromatic rings. The van der Waals surface area contributed by atoms with E-state index in [1.165, 1.54) is 0 Å². The molecule has 0 saturated heterocycles. The number of aromatic nitrogens is 2. The van der Waals surface area contributed by atoms with Gasteiger partial charge >= 0.3 is 0 Å². The van der Waals surface area contributed by atoms with Crippen LogP contribution in [0.2, 0.25) is 5.02 Å². The molecule has 0 aliphatic rings. The van der Waals surface area contributed by atoms with Gasteiger partial charge in [0, 0.05) is 29.3 Å². The molecule has 1 aromatic heterocycles. The number of nitrogens with two attached hydrogens (primary N) is 1. The molecule has 0 radical (unpaired) electrons. The third kappa shape index (κ3) is 2.91. The van der Waals surface area contributed by atoms with E-state index in [1.807, 2.05) is 30.5 Å². The van der Waals surface area contributed by atoms with Crippen LogP contribution in [0, 0.1) is 0 Å². The Balaban J connectivity index is 2.66. The van der Waals surface area contributed by atoms with Crippen molar-refractivity contribution < 1.29 is 4.79 Å². The monoisotopic (exact) mass is 313 g/mol. The van der Waals surface area contributed by atoms with Crippen molar-refractivity contribution >= 4 is 40.1 Å². The number of carbonyl (C=O) groups excluding carboxylic acids is 1. The maximum absolute atomic E-state index is 11.3. The highest BCUT2D eigenvalue weighted by Crippen LogP contribution is 2.30. The van der Waals surface area contributed by atoms with Crippen LogP contribution >= 0.6 is 23.2 Å². The number of imidazole rings is 1. The van der Waals surface area contributed by atoms with E-state index in [1.54, 1.807) is 6.07 Å². The maximum atomic E-state index is 11.3. The molecule has 0 unspecified atom stereocenters. The molecule has 0 bridgehead atoms. The summed E-state index contributed by atoms with van der Waals surface area (Å²) in [6.45, 7) is 3.91. The molecule has 20 heavy (non-hydrogen) atoms. The Bertz CT molecular complexity index is 649. The van der Waals surface area contributed by atoms with Gasteiger partial charge in [-0.2, -0.15) is 0 Å². The molecule has 0 atom stereocenters. The van der Waals surface area contributed by atoms with Crippen molar-refractivity contribution in [1.29, 1.82) is 0 Å². The number of primary amides is 1. The zero-order valence-corrected chi connectivity index (χ0v) is 13.0. The molecular weight excluding hydrogens is 297 g/mol. The number of halogens is 2. The Labute approximate surface area is 127 Å². The van der Waals surface area contributed by atoms with Gasteiger partial charge < -0.3 is 10.3 Å². The fourth-order valence-corrected chi connectivity index (χ4v) is 2.87. The third-order valence-electron chi connectivity index (χ3n) is 3.22. The number of rotatable bonds is 5. The maximum Gasteiger partial charge on any atom is 0.219 e. The number of benzene rings is 1. The summed E-state index contributed by atoms with van der Waals surface area (Å²) in [5.74, 6) is 0.947. The number of aryl methyl sites for hydroxylation is 1. The van der Waals surface area contributed by atoms with Crippen molar-refractivity contribution in [3.8, 4) is 0 Å². The van der Waals surface area contributed by atoms with Crippen LogP contribution in [0.3, 0.4) is 0 Å². The van der Waals surface area contributed by atoms with E-state index in [0.29, 0.717) is 17.3 Å². The fourth-order valence-electron chi connectivity index (χ4n) is 2.53. The van der Waals surface area contributed by atoms with Gasteiger partial charge in [0.25, 0.3) is 0 Å². The second-order valence-electron chi connectivity index (χ2n) is 5.39. The van der Waals surface area contributed by atoms with Crippen LogP contribution in [-0.4, -0.2) is 21.3 Å². The molecule has 108 valence electrons. The summed E-state index contributed by atoms with van der Waals surface area (Å²) in [5, 5.41) is 0.631. The number of alkyl halides is 1. The van der Waals surface area contributed by atoms with Gasteiger partial charge in [0.2, 0.25) is 5.91 Å². The molecule has 1 amide bonds. The molecule has 2 N–H and O–H groups in total. The average molecular weight is 314 g/mol. The molecule has 0 spiro atoms. The molecule has 1 heterocycles. The summed E-state index contributed by atoms with van der Waals surface area (Å²) in [7, 11) is 0. The van der Waals surface area contributed by atoms with E-state index >= 15 is 0 Å². The van der Waals surface area contributed by atoms with Gasteiger partial charge in [-0.15, -0.1) is 11.6 Å². The van der Waals surface area contributed by atoms with Crippen molar-refractivity contribution in [2.45, 2.75) is 32.2 Å². The zero-order chi connectivity index (χ0) is 14.9. The van der Waals surface area contributed by atoms with E-state index < -0.39 is 5.54 Å². The van der Waals surface area contributed by atoms with Gasteiger partial charge in [0.05, 0.1) is 11.0 Å². The van der Waals surface area contributed by atoms with Crippen LogP contribution in [0.15, 0.2) is 18.2 Å². The number of nitrogens with zero attached hydrogens (tertiary/aromatic N) is 2. The van der Waals surface area contributed by atoms with Crippen LogP contribution in [0.25, 0.3) is 11.0 Å². The van der Waals surface area contributed by atoms with E-state index in [-0.39, 0.29) is 12.3 Å². The van der Waals surface area contributed by atoms with Crippen LogP contribution in [0.1, 0.15) is 26.1 Å². The Hall–Kier alpha value is -1.26. The van der Waals surface area contributed by atoms with Crippen LogP contribution < -0.4 is 5.73 Å². The van der Waals surface area contributed by atoms with E-state index in [9.17, 15) is 4.79 Å². The topological polar surface area (TPSA) is 60.9 Å². The van der Waals surface area contributed by atoms with Crippen LogP contribution in [0.5, 0.6) is 0 Å². The first-order valence-electron chi connectivity index (χ1n) is 6.37. The predicted octanol–water partition coefficient (Wildman–Crippen LogP) is 3.08. The highest BCUT2D eigenvalue weighted by Gasteiger charge is 2.27. The molecular formula is C14H17Cl2N3O. The summed E-state index contributed by atoms with van der Waals surface area (Å²) in [5.41, 5.74) is 6.61. The summed E-state index contributed by atoms with van der Waals surface area (Å²) in [6.07, 6.45) is 0.844. The average Bonchev–Trinajstić information content (AvgIpc) is 2.65. The highest BCUT2D eigenvalue weighted by atomic mass is 35.5. The lowest BCUT2D eigenvalue weighted by atomic mass is 9.99. The van der Waals surface area contributed by atoms with Gasteiger partial charge in [-0.25, -0.2) is 4.98 Å². The smallest absolute Gasteiger partial charge is 0.219 e. The van der Waals surface area contributed by atoms with Crippen molar-refractivity contribution in [2.75, 3.05) is 5.88 Å². The summed E-state index contributed by atoms with van der Waals surface area (Å²) >= 11 is 11.9. The first kappa shape index (κ1) is 15.1. The Morgan fingerprint density at radius 2 is 2.15 bits per heavy atom. The van der Waals surface area contributed by atoms with Gasteiger partial charge in [-0.05, 0) is 32.0 Å². The summed E-state index contributed by atoms with van der Waals surface area (Å²) in [4.78, 5) is 15.9. The molecule has 6 heteroatoms. The van der Waals surface area contributed by atoms with Crippen LogP contribution in [0.4, 0.5) is 0 Å². The molecule has 1 aromatic carbocycles.